The summed E-state index contributed by atoms with van der Waals surface area (Å²) < 4.78 is 19.5. The number of rotatable bonds is 5. The fraction of sp³-hybridized carbons (Fsp3) is 0.0800. The van der Waals surface area contributed by atoms with E-state index in [0.717, 1.165) is 10.5 Å². The molecule has 3 aromatic rings. The van der Waals surface area contributed by atoms with Gasteiger partial charge in [-0.3, -0.25) is 14.9 Å². The molecule has 1 N–H and O–H groups in total. The van der Waals surface area contributed by atoms with E-state index in [2.05, 4.69) is 5.32 Å². The van der Waals surface area contributed by atoms with E-state index in [1.54, 1.807) is 48.5 Å². The largest absolute Gasteiger partial charge is 0.496 e. The lowest BCUT2D eigenvalue weighted by molar-refractivity contribution is -0.122. The third-order valence-electron chi connectivity index (χ3n) is 5.16. The van der Waals surface area contributed by atoms with Gasteiger partial charge in [0.2, 0.25) is 0 Å². The van der Waals surface area contributed by atoms with E-state index in [4.69, 9.17) is 16.3 Å². The Morgan fingerprint density at radius 2 is 1.73 bits per heavy atom. The Morgan fingerprint density at radius 3 is 2.45 bits per heavy atom. The van der Waals surface area contributed by atoms with Crippen LogP contribution in [0.1, 0.15) is 16.7 Å². The Morgan fingerprint density at radius 1 is 1.00 bits per heavy atom. The van der Waals surface area contributed by atoms with Crippen LogP contribution in [-0.2, 0) is 16.0 Å². The number of imide groups is 2. The lowest BCUT2D eigenvalue weighted by Crippen LogP contribution is -2.54. The van der Waals surface area contributed by atoms with Crippen LogP contribution >= 0.6 is 11.6 Å². The third kappa shape index (κ3) is 4.49. The van der Waals surface area contributed by atoms with E-state index >= 15 is 0 Å². The van der Waals surface area contributed by atoms with Gasteiger partial charge in [-0.25, -0.2) is 14.1 Å². The molecule has 0 aromatic heterocycles. The van der Waals surface area contributed by atoms with Gasteiger partial charge in [-0.1, -0.05) is 54.1 Å². The van der Waals surface area contributed by atoms with Crippen LogP contribution in [-0.4, -0.2) is 25.0 Å². The van der Waals surface area contributed by atoms with Crippen LogP contribution in [0.25, 0.3) is 6.08 Å². The van der Waals surface area contributed by atoms with E-state index in [0.29, 0.717) is 23.3 Å². The number of hydrogen-bond acceptors (Lipinski definition) is 4. The number of benzene rings is 3. The molecule has 166 valence electrons. The summed E-state index contributed by atoms with van der Waals surface area (Å²) in [4.78, 5) is 38.6. The van der Waals surface area contributed by atoms with E-state index in [9.17, 15) is 18.8 Å². The molecule has 4 rings (SSSR count). The highest BCUT2D eigenvalue weighted by atomic mass is 35.5. The van der Waals surface area contributed by atoms with Gasteiger partial charge >= 0.3 is 6.03 Å². The summed E-state index contributed by atoms with van der Waals surface area (Å²) in [7, 11) is 1.48. The SMILES string of the molecule is COc1cc(/C=C2\C(=O)NC(=O)N(c3ccccc3Cl)C2=O)ccc1Cc1ccccc1F. The lowest BCUT2D eigenvalue weighted by atomic mass is 10.00. The molecule has 0 saturated carbocycles. The number of para-hydroxylation sites is 1. The molecule has 1 aliphatic rings. The summed E-state index contributed by atoms with van der Waals surface area (Å²) in [5.74, 6) is -1.47. The lowest BCUT2D eigenvalue weighted by Gasteiger charge is -2.27. The maximum absolute atomic E-state index is 14.0. The predicted octanol–water partition coefficient (Wildman–Crippen LogP) is 4.74. The highest BCUT2D eigenvalue weighted by molar-refractivity contribution is 6.42. The van der Waals surface area contributed by atoms with Crippen LogP contribution in [0.15, 0.2) is 72.3 Å². The molecule has 0 radical (unpaired) electrons. The number of carbonyl (C=O) groups is 3. The third-order valence-corrected chi connectivity index (χ3v) is 5.48. The molecule has 1 aliphatic heterocycles. The summed E-state index contributed by atoms with van der Waals surface area (Å²) in [5.41, 5.74) is 1.67. The second-order valence-electron chi connectivity index (χ2n) is 7.25. The maximum Gasteiger partial charge on any atom is 0.335 e. The number of amides is 4. The number of urea groups is 1. The summed E-state index contributed by atoms with van der Waals surface area (Å²) >= 11 is 6.15. The molecule has 3 aromatic carbocycles. The molecule has 0 bridgehead atoms. The molecule has 8 heteroatoms. The van der Waals surface area contributed by atoms with Gasteiger partial charge in [0.15, 0.2) is 0 Å². The van der Waals surface area contributed by atoms with Crippen LogP contribution in [0.3, 0.4) is 0 Å². The fourth-order valence-corrected chi connectivity index (χ4v) is 3.74. The number of halogens is 2. The molecule has 0 unspecified atom stereocenters. The molecule has 0 atom stereocenters. The molecule has 6 nitrogen and oxygen atoms in total. The first-order valence-corrected chi connectivity index (χ1v) is 10.3. The number of nitrogens with one attached hydrogen (secondary N) is 1. The van der Waals surface area contributed by atoms with Crippen LogP contribution in [0.2, 0.25) is 5.02 Å². The van der Waals surface area contributed by atoms with E-state index in [-0.39, 0.29) is 22.1 Å². The van der Waals surface area contributed by atoms with Crippen molar-refractivity contribution in [1.82, 2.24) is 5.32 Å². The zero-order valence-electron chi connectivity index (χ0n) is 17.5. The topological polar surface area (TPSA) is 75.7 Å². The monoisotopic (exact) mass is 464 g/mol. The standard InChI is InChI=1S/C25H18ClFN2O4/c1-33-22-13-15(10-11-17(22)14-16-6-2-4-8-20(16)27)12-18-23(30)28-25(32)29(24(18)31)21-9-5-3-7-19(21)26/h2-13H,14H2,1H3,(H,28,30,32)/b18-12+. The Labute approximate surface area is 194 Å². The number of methoxy groups -OCH3 is 1. The van der Waals surface area contributed by atoms with Crippen molar-refractivity contribution in [2.45, 2.75) is 6.42 Å². The molecular weight excluding hydrogens is 447 g/mol. The number of ether oxygens (including phenoxy) is 1. The van der Waals surface area contributed by atoms with Crippen LogP contribution in [0, 0.1) is 5.82 Å². The number of nitrogens with zero attached hydrogens (tertiary/aromatic N) is 1. The molecule has 1 heterocycles. The highest BCUT2D eigenvalue weighted by Crippen LogP contribution is 2.30. The number of barbiturate groups is 1. The summed E-state index contributed by atoms with van der Waals surface area (Å²) in [6, 6.07) is 17.0. The molecule has 4 amide bonds. The van der Waals surface area contributed by atoms with E-state index in [1.807, 2.05) is 0 Å². The van der Waals surface area contributed by atoms with Crippen molar-refractivity contribution >= 4 is 41.2 Å². The van der Waals surface area contributed by atoms with Gasteiger partial charge in [0.25, 0.3) is 11.8 Å². The Kier molecular flexibility index (Phi) is 6.24. The Balaban J connectivity index is 1.68. The van der Waals surface area contributed by atoms with Crippen molar-refractivity contribution in [2.24, 2.45) is 0 Å². The highest BCUT2D eigenvalue weighted by Gasteiger charge is 2.37. The predicted molar refractivity (Wildman–Crippen MR) is 123 cm³/mol. The van der Waals surface area contributed by atoms with Crippen molar-refractivity contribution in [1.29, 1.82) is 0 Å². The van der Waals surface area contributed by atoms with Gasteiger partial charge < -0.3 is 4.74 Å². The first kappa shape index (κ1) is 22.2. The van der Waals surface area contributed by atoms with E-state index in [1.165, 1.54) is 31.4 Å². The Hall–Kier alpha value is -3.97. The smallest absolute Gasteiger partial charge is 0.335 e. The van der Waals surface area contributed by atoms with Gasteiger partial charge in [0.05, 0.1) is 17.8 Å². The zero-order chi connectivity index (χ0) is 23.5. The minimum Gasteiger partial charge on any atom is -0.496 e. The summed E-state index contributed by atoms with van der Waals surface area (Å²) in [6.07, 6.45) is 1.67. The fourth-order valence-electron chi connectivity index (χ4n) is 3.52. The van der Waals surface area contributed by atoms with Gasteiger partial charge in [-0.05, 0) is 47.0 Å². The normalized spacial score (nSPS) is 15.1. The summed E-state index contributed by atoms with van der Waals surface area (Å²) in [6.45, 7) is 0. The van der Waals surface area contributed by atoms with Crippen LogP contribution in [0.4, 0.5) is 14.9 Å². The molecule has 33 heavy (non-hydrogen) atoms. The first-order valence-electron chi connectivity index (χ1n) is 9.95. The van der Waals surface area contributed by atoms with Crippen molar-refractivity contribution in [2.75, 3.05) is 12.0 Å². The van der Waals surface area contributed by atoms with Crippen molar-refractivity contribution < 1.29 is 23.5 Å². The number of anilines is 1. The molecule has 0 aliphatic carbocycles. The molecule has 1 saturated heterocycles. The van der Waals surface area contributed by atoms with Crippen molar-refractivity contribution in [3.63, 3.8) is 0 Å². The Bertz CT molecular complexity index is 1310. The number of carbonyl (C=O) groups excluding carboxylic acids is 3. The second-order valence-corrected chi connectivity index (χ2v) is 7.66. The van der Waals surface area contributed by atoms with E-state index < -0.39 is 17.8 Å². The van der Waals surface area contributed by atoms with Crippen LogP contribution < -0.4 is 15.0 Å². The van der Waals surface area contributed by atoms with Gasteiger partial charge in [-0.15, -0.1) is 0 Å². The van der Waals surface area contributed by atoms with Crippen molar-refractivity contribution in [3.8, 4) is 5.75 Å². The first-order chi connectivity index (χ1) is 15.9. The van der Waals surface area contributed by atoms with Crippen LogP contribution in [0.5, 0.6) is 5.75 Å². The minimum atomic E-state index is -0.881. The average molecular weight is 465 g/mol. The zero-order valence-corrected chi connectivity index (χ0v) is 18.2. The second kappa shape index (κ2) is 9.26. The number of hydrogen-bond donors (Lipinski definition) is 1. The minimum absolute atomic E-state index is 0.165. The molecule has 0 spiro atoms. The summed E-state index contributed by atoms with van der Waals surface area (Å²) in [5, 5.41) is 2.35. The molecular formula is C25H18ClFN2O4. The average Bonchev–Trinajstić information content (AvgIpc) is 2.80. The maximum atomic E-state index is 14.0. The molecule has 1 fully saturated rings. The van der Waals surface area contributed by atoms with Gasteiger partial charge in [0.1, 0.15) is 17.1 Å². The van der Waals surface area contributed by atoms with Gasteiger partial charge in [0, 0.05) is 6.42 Å². The van der Waals surface area contributed by atoms with Gasteiger partial charge in [-0.2, -0.15) is 0 Å². The quantitative estimate of drug-likeness (QED) is 0.437. The van der Waals surface area contributed by atoms with Crippen molar-refractivity contribution in [3.05, 3.63) is 99.8 Å².